The zero-order valence-electron chi connectivity index (χ0n) is 19.9. The summed E-state index contributed by atoms with van der Waals surface area (Å²) in [6.45, 7) is 16.0. The average molecular weight is 413 g/mol. The Kier molecular flexibility index (Phi) is 7.51. The van der Waals surface area contributed by atoms with E-state index in [9.17, 15) is 10.2 Å². The smallest absolute Gasteiger partial charge is 0.0811 e. The van der Waals surface area contributed by atoms with Crippen LogP contribution in [0.25, 0.3) is 0 Å². The quantitative estimate of drug-likeness (QED) is 0.499. The summed E-state index contributed by atoms with van der Waals surface area (Å²) in [5.41, 5.74) is 3.77. The zero-order valence-corrected chi connectivity index (χ0v) is 19.9. The van der Waals surface area contributed by atoms with Gasteiger partial charge in [0.1, 0.15) is 0 Å². The lowest BCUT2D eigenvalue weighted by Gasteiger charge is -2.44. The Balaban J connectivity index is 1.76. The van der Waals surface area contributed by atoms with Gasteiger partial charge in [0.25, 0.3) is 0 Å². The van der Waals surface area contributed by atoms with Crippen LogP contribution in [0.2, 0.25) is 0 Å². The largest absolute Gasteiger partial charge is 0.393 e. The average Bonchev–Trinajstić information content (AvgIpc) is 3.04. The third-order valence-electron chi connectivity index (χ3n) is 8.71. The molecular formula is C28H44O2. The van der Waals surface area contributed by atoms with Crippen LogP contribution < -0.4 is 0 Å². The standard InChI is InChI=1S/C28H44O2/c1-18(2)19(3)9-10-20(4)25-13-14-26-22(8-7-15-28(25,26)6)11-12-23-16-24(29)17-27(30)21(23)5/h9-12,18-20,24-27,29-30H,5,7-8,13-17H2,1-4,6H3/b10-9+,22-11?,23-12?/t19-,20+,24+,25+,26-,27-,28+/m0/s1. The van der Waals surface area contributed by atoms with Crippen LogP contribution in [0.4, 0.5) is 0 Å². The molecule has 2 N–H and O–H groups in total. The van der Waals surface area contributed by atoms with Gasteiger partial charge in [0.05, 0.1) is 12.2 Å². The van der Waals surface area contributed by atoms with Crippen molar-refractivity contribution in [1.82, 2.24) is 0 Å². The molecule has 0 aromatic rings. The maximum atomic E-state index is 10.1. The fraction of sp³-hybridized carbons (Fsp3) is 0.714. The van der Waals surface area contributed by atoms with E-state index in [0.29, 0.717) is 41.9 Å². The van der Waals surface area contributed by atoms with E-state index in [0.717, 1.165) is 17.1 Å². The first-order valence-electron chi connectivity index (χ1n) is 12.3. The number of hydrogen-bond donors (Lipinski definition) is 2. The SMILES string of the molecule is C=C1C(=CC=C2CCC[C@]3(C)[C@@H]([C@H](C)/C=C/[C@H](C)C(C)C)CC[C@@H]23)C[C@@H](O)C[C@@H]1O. The van der Waals surface area contributed by atoms with Crippen LogP contribution in [-0.4, -0.2) is 22.4 Å². The van der Waals surface area contributed by atoms with Gasteiger partial charge in [0.15, 0.2) is 0 Å². The van der Waals surface area contributed by atoms with Gasteiger partial charge in [-0.15, -0.1) is 0 Å². The Hall–Kier alpha value is -1.12. The summed E-state index contributed by atoms with van der Waals surface area (Å²) in [4.78, 5) is 0. The molecule has 3 aliphatic rings. The van der Waals surface area contributed by atoms with E-state index in [-0.39, 0.29) is 0 Å². The van der Waals surface area contributed by atoms with Crippen molar-refractivity contribution < 1.29 is 10.2 Å². The van der Waals surface area contributed by atoms with Crippen LogP contribution >= 0.6 is 0 Å². The van der Waals surface area contributed by atoms with Crippen LogP contribution in [0, 0.1) is 35.0 Å². The lowest BCUT2D eigenvalue weighted by molar-refractivity contribution is 0.0862. The van der Waals surface area contributed by atoms with Gasteiger partial charge >= 0.3 is 0 Å². The number of aliphatic hydroxyl groups excluding tert-OH is 2. The van der Waals surface area contributed by atoms with Crippen LogP contribution in [-0.2, 0) is 0 Å². The molecule has 0 amide bonds. The van der Waals surface area contributed by atoms with Crippen molar-refractivity contribution in [1.29, 1.82) is 0 Å². The van der Waals surface area contributed by atoms with Crippen molar-refractivity contribution in [2.24, 2.45) is 35.0 Å². The van der Waals surface area contributed by atoms with Crippen LogP contribution in [0.3, 0.4) is 0 Å². The van der Waals surface area contributed by atoms with Crippen LogP contribution in [0.15, 0.2) is 47.6 Å². The first-order valence-corrected chi connectivity index (χ1v) is 12.3. The Morgan fingerprint density at radius 3 is 2.50 bits per heavy atom. The Labute approximate surface area is 184 Å². The zero-order chi connectivity index (χ0) is 22.1. The molecule has 168 valence electrons. The van der Waals surface area contributed by atoms with E-state index < -0.39 is 12.2 Å². The lowest BCUT2D eigenvalue weighted by atomic mass is 9.61. The molecule has 0 unspecified atom stereocenters. The van der Waals surface area contributed by atoms with Gasteiger partial charge in [-0.2, -0.15) is 0 Å². The first-order chi connectivity index (χ1) is 14.1. The van der Waals surface area contributed by atoms with Crippen molar-refractivity contribution in [2.45, 2.75) is 91.8 Å². The second-order valence-corrected chi connectivity index (χ2v) is 11.0. The molecule has 30 heavy (non-hydrogen) atoms. The summed E-state index contributed by atoms with van der Waals surface area (Å²) >= 11 is 0. The predicted octanol–water partition coefficient (Wildman–Crippen LogP) is 6.61. The molecule has 2 heteroatoms. The molecule has 0 aromatic carbocycles. The monoisotopic (exact) mass is 412 g/mol. The van der Waals surface area contributed by atoms with E-state index in [2.05, 4.69) is 65.5 Å². The fourth-order valence-electron chi connectivity index (χ4n) is 6.32. The second kappa shape index (κ2) is 9.57. The third-order valence-corrected chi connectivity index (χ3v) is 8.71. The fourth-order valence-corrected chi connectivity index (χ4v) is 6.32. The van der Waals surface area contributed by atoms with Gasteiger partial charge in [-0.3, -0.25) is 0 Å². The molecule has 0 bridgehead atoms. The van der Waals surface area contributed by atoms with Gasteiger partial charge in [0.2, 0.25) is 0 Å². The first kappa shape index (κ1) is 23.5. The molecule has 3 fully saturated rings. The summed E-state index contributed by atoms with van der Waals surface area (Å²) in [6.07, 6.45) is 15.8. The molecule has 3 saturated carbocycles. The molecular weight excluding hydrogens is 368 g/mol. The molecule has 2 nitrogen and oxygen atoms in total. The molecule has 0 aliphatic heterocycles. The highest BCUT2D eigenvalue weighted by atomic mass is 16.3. The van der Waals surface area contributed by atoms with Crippen molar-refractivity contribution >= 4 is 0 Å². The Morgan fingerprint density at radius 2 is 1.80 bits per heavy atom. The number of hydrogen-bond acceptors (Lipinski definition) is 2. The molecule has 0 radical (unpaired) electrons. The van der Waals surface area contributed by atoms with Crippen molar-refractivity contribution in [2.75, 3.05) is 0 Å². The van der Waals surface area contributed by atoms with Crippen molar-refractivity contribution in [3.05, 3.63) is 47.6 Å². The van der Waals surface area contributed by atoms with Crippen LogP contribution in [0.1, 0.15) is 79.6 Å². The van der Waals surface area contributed by atoms with Gasteiger partial charge in [-0.1, -0.05) is 71.1 Å². The molecule has 0 aromatic heterocycles. The predicted molar refractivity (Wildman–Crippen MR) is 127 cm³/mol. The topological polar surface area (TPSA) is 40.5 Å². The minimum atomic E-state index is -0.605. The van der Waals surface area contributed by atoms with Gasteiger partial charge in [0, 0.05) is 6.42 Å². The Morgan fingerprint density at radius 1 is 1.07 bits per heavy atom. The van der Waals surface area contributed by atoms with Crippen LogP contribution in [0.5, 0.6) is 0 Å². The van der Waals surface area contributed by atoms with E-state index in [1.165, 1.54) is 32.1 Å². The normalized spacial score (nSPS) is 39.8. The maximum absolute atomic E-state index is 10.1. The summed E-state index contributed by atoms with van der Waals surface area (Å²) in [5.74, 6) is 3.38. The molecule has 3 aliphatic carbocycles. The molecule has 0 saturated heterocycles. The number of fused-ring (bicyclic) bond motifs is 1. The van der Waals surface area contributed by atoms with Crippen molar-refractivity contribution in [3.8, 4) is 0 Å². The van der Waals surface area contributed by atoms with Gasteiger partial charge in [-0.05, 0) is 84.7 Å². The summed E-state index contributed by atoms with van der Waals surface area (Å²) < 4.78 is 0. The highest BCUT2D eigenvalue weighted by Crippen LogP contribution is 2.59. The second-order valence-electron chi connectivity index (χ2n) is 11.0. The Bertz CT molecular complexity index is 712. The molecule has 3 rings (SSSR count). The molecule has 0 spiro atoms. The number of allylic oxidation sites excluding steroid dienone is 5. The van der Waals surface area contributed by atoms with E-state index in [1.54, 1.807) is 5.57 Å². The van der Waals surface area contributed by atoms with Gasteiger partial charge < -0.3 is 10.2 Å². The minimum Gasteiger partial charge on any atom is -0.393 e. The lowest BCUT2D eigenvalue weighted by Crippen LogP contribution is -2.35. The highest BCUT2D eigenvalue weighted by Gasteiger charge is 2.50. The molecule has 7 atom stereocenters. The molecule has 0 heterocycles. The van der Waals surface area contributed by atoms with E-state index in [4.69, 9.17) is 0 Å². The number of aliphatic hydroxyl groups is 2. The summed E-state index contributed by atoms with van der Waals surface area (Å²) in [5, 5.41) is 20.2. The summed E-state index contributed by atoms with van der Waals surface area (Å²) in [7, 11) is 0. The highest BCUT2D eigenvalue weighted by molar-refractivity contribution is 5.38. The van der Waals surface area contributed by atoms with E-state index in [1.807, 2.05) is 0 Å². The number of rotatable bonds is 5. The van der Waals surface area contributed by atoms with E-state index >= 15 is 0 Å². The minimum absolute atomic E-state index is 0.385. The van der Waals surface area contributed by atoms with Crippen molar-refractivity contribution in [3.63, 3.8) is 0 Å². The maximum Gasteiger partial charge on any atom is 0.0811 e. The summed E-state index contributed by atoms with van der Waals surface area (Å²) in [6, 6.07) is 0. The van der Waals surface area contributed by atoms with Gasteiger partial charge in [-0.25, -0.2) is 0 Å². The third kappa shape index (κ3) is 4.86.